The first-order valence-corrected chi connectivity index (χ1v) is 7.37. The van der Waals surface area contributed by atoms with Crippen molar-refractivity contribution in [2.24, 2.45) is 5.92 Å². The molecule has 0 bridgehead atoms. The van der Waals surface area contributed by atoms with Crippen LogP contribution in [0.3, 0.4) is 0 Å². The molecule has 2 rings (SSSR count). The minimum atomic E-state index is -0.982. The molecule has 0 aliphatic heterocycles. The number of imidazole rings is 1. The van der Waals surface area contributed by atoms with Gasteiger partial charge in [-0.2, -0.15) is 0 Å². The van der Waals surface area contributed by atoms with E-state index in [9.17, 15) is 9.59 Å². The number of carboxylic acid groups (broad SMARTS) is 1. The smallest absolute Gasteiger partial charge is 0.335 e. The van der Waals surface area contributed by atoms with Gasteiger partial charge in [0.15, 0.2) is 0 Å². The van der Waals surface area contributed by atoms with Gasteiger partial charge in [-0.05, 0) is 37.5 Å². The number of carboxylic acids is 1. The molecule has 0 amide bonds. The van der Waals surface area contributed by atoms with Crippen molar-refractivity contribution >= 4 is 17.0 Å². The zero-order chi connectivity index (χ0) is 15.6. The summed E-state index contributed by atoms with van der Waals surface area (Å²) in [7, 11) is 0. The highest BCUT2D eigenvalue weighted by atomic mass is 16.4. The third-order valence-electron chi connectivity index (χ3n) is 3.81. The van der Waals surface area contributed by atoms with Crippen LogP contribution in [0.25, 0.3) is 11.0 Å². The minimum absolute atomic E-state index is 0.0500. The van der Waals surface area contributed by atoms with Crippen molar-refractivity contribution in [3.63, 3.8) is 0 Å². The van der Waals surface area contributed by atoms with Crippen molar-refractivity contribution in [1.82, 2.24) is 9.55 Å². The van der Waals surface area contributed by atoms with Gasteiger partial charge in [-0.3, -0.25) is 4.57 Å². The fourth-order valence-electron chi connectivity index (χ4n) is 2.64. The van der Waals surface area contributed by atoms with E-state index in [0.717, 1.165) is 19.3 Å². The molecule has 0 saturated carbocycles. The zero-order valence-corrected chi connectivity index (χ0v) is 12.7. The summed E-state index contributed by atoms with van der Waals surface area (Å²) >= 11 is 0. The second-order valence-electron chi connectivity index (χ2n) is 6.01. The monoisotopic (exact) mass is 290 g/mol. The van der Waals surface area contributed by atoms with Crippen LogP contribution in [-0.4, -0.2) is 20.6 Å². The number of aromatic amines is 1. The summed E-state index contributed by atoms with van der Waals surface area (Å²) in [6, 6.07) is 4.77. The Bertz CT molecular complexity index is 697. The molecule has 0 radical (unpaired) electrons. The Balaban J connectivity index is 2.33. The van der Waals surface area contributed by atoms with Gasteiger partial charge in [0.2, 0.25) is 0 Å². The first kappa shape index (κ1) is 15.4. The van der Waals surface area contributed by atoms with E-state index in [1.165, 1.54) is 6.07 Å². The van der Waals surface area contributed by atoms with Crippen molar-refractivity contribution in [1.29, 1.82) is 0 Å². The SMILES string of the molecule is CC(C)CCCC(C)n1c(=O)[nH]c2ccc(C(=O)O)cc21. The average molecular weight is 290 g/mol. The Morgan fingerprint density at radius 1 is 1.29 bits per heavy atom. The molecular weight excluding hydrogens is 268 g/mol. The van der Waals surface area contributed by atoms with Crippen LogP contribution < -0.4 is 5.69 Å². The molecule has 5 heteroatoms. The predicted molar refractivity (Wildman–Crippen MR) is 82.9 cm³/mol. The maximum absolute atomic E-state index is 12.1. The number of fused-ring (bicyclic) bond motifs is 1. The Labute approximate surface area is 123 Å². The normalized spacial score (nSPS) is 13.0. The van der Waals surface area contributed by atoms with Crippen LogP contribution in [0.1, 0.15) is 56.4 Å². The molecule has 2 aromatic rings. The summed E-state index contributed by atoms with van der Waals surface area (Å²) in [5.74, 6) is -0.333. The lowest BCUT2D eigenvalue weighted by Gasteiger charge is -2.14. The summed E-state index contributed by atoms with van der Waals surface area (Å²) < 4.78 is 1.67. The molecule has 0 fully saturated rings. The fourth-order valence-corrected chi connectivity index (χ4v) is 2.64. The van der Waals surface area contributed by atoms with Crippen molar-refractivity contribution in [2.75, 3.05) is 0 Å². The van der Waals surface area contributed by atoms with E-state index in [0.29, 0.717) is 17.0 Å². The van der Waals surface area contributed by atoms with Gasteiger partial charge in [-0.1, -0.05) is 26.7 Å². The number of H-pyrrole nitrogens is 1. The molecule has 1 unspecified atom stereocenters. The molecule has 1 heterocycles. The second kappa shape index (κ2) is 6.16. The lowest BCUT2D eigenvalue weighted by atomic mass is 10.0. The summed E-state index contributed by atoms with van der Waals surface area (Å²) in [5, 5.41) is 9.09. The highest BCUT2D eigenvalue weighted by Crippen LogP contribution is 2.21. The molecule has 21 heavy (non-hydrogen) atoms. The van der Waals surface area contributed by atoms with Gasteiger partial charge >= 0.3 is 11.7 Å². The van der Waals surface area contributed by atoms with Crippen molar-refractivity contribution in [3.8, 4) is 0 Å². The number of carbonyl (C=O) groups is 1. The van der Waals surface area contributed by atoms with E-state index in [1.54, 1.807) is 16.7 Å². The molecule has 0 saturated heterocycles. The molecule has 1 aromatic carbocycles. The fraction of sp³-hybridized carbons (Fsp3) is 0.500. The number of hydrogen-bond acceptors (Lipinski definition) is 2. The third-order valence-corrected chi connectivity index (χ3v) is 3.81. The summed E-state index contributed by atoms with van der Waals surface area (Å²) in [4.78, 5) is 26.0. The molecule has 2 N–H and O–H groups in total. The van der Waals surface area contributed by atoms with Gasteiger partial charge in [0.25, 0.3) is 0 Å². The molecule has 0 aliphatic carbocycles. The Morgan fingerprint density at radius 3 is 2.62 bits per heavy atom. The summed E-state index contributed by atoms with van der Waals surface area (Å²) in [6.45, 7) is 6.37. The molecule has 1 aromatic heterocycles. The van der Waals surface area contributed by atoms with E-state index in [4.69, 9.17) is 5.11 Å². The number of nitrogens with one attached hydrogen (secondary N) is 1. The van der Waals surface area contributed by atoms with Gasteiger partial charge in [0, 0.05) is 6.04 Å². The molecule has 114 valence electrons. The highest BCUT2D eigenvalue weighted by Gasteiger charge is 2.15. The first-order chi connectivity index (χ1) is 9.90. The lowest BCUT2D eigenvalue weighted by molar-refractivity contribution is 0.0697. The summed E-state index contributed by atoms with van der Waals surface area (Å²) in [5.41, 5.74) is 1.37. The Morgan fingerprint density at radius 2 is 2.00 bits per heavy atom. The van der Waals surface area contributed by atoms with Crippen LogP contribution >= 0.6 is 0 Å². The molecular formula is C16H22N2O3. The van der Waals surface area contributed by atoms with Gasteiger partial charge < -0.3 is 10.1 Å². The largest absolute Gasteiger partial charge is 0.478 e. The van der Waals surface area contributed by atoms with Gasteiger partial charge in [0.1, 0.15) is 0 Å². The molecule has 5 nitrogen and oxygen atoms in total. The second-order valence-corrected chi connectivity index (χ2v) is 6.01. The van der Waals surface area contributed by atoms with Crippen LogP contribution in [0.5, 0.6) is 0 Å². The molecule has 1 atom stereocenters. The summed E-state index contributed by atoms with van der Waals surface area (Å²) in [6.07, 6.45) is 3.08. The Hall–Kier alpha value is -2.04. The lowest BCUT2D eigenvalue weighted by Crippen LogP contribution is -2.20. The van der Waals surface area contributed by atoms with Gasteiger partial charge in [0.05, 0.1) is 16.6 Å². The number of aromatic carboxylic acids is 1. The highest BCUT2D eigenvalue weighted by molar-refractivity contribution is 5.92. The van der Waals surface area contributed by atoms with Crippen molar-refractivity contribution in [2.45, 2.75) is 46.1 Å². The van der Waals surface area contributed by atoms with E-state index in [2.05, 4.69) is 18.8 Å². The van der Waals surface area contributed by atoms with Crippen molar-refractivity contribution in [3.05, 3.63) is 34.2 Å². The van der Waals surface area contributed by atoms with E-state index in [-0.39, 0.29) is 17.3 Å². The maximum atomic E-state index is 12.1. The molecule has 0 spiro atoms. The van der Waals surface area contributed by atoms with Crippen LogP contribution in [0.4, 0.5) is 0 Å². The van der Waals surface area contributed by atoms with Crippen molar-refractivity contribution < 1.29 is 9.90 Å². The van der Waals surface area contributed by atoms with Crippen LogP contribution in [0, 0.1) is 5.92 Å². The number of nitrogens with zero attached hydrogens (tertiary/aromatic N) is 1. The zero-order valence-electron chi connectivity index (χ0n) is 12.7. The number of aromatic nitrogens is 2. The van der Waals surface area contributed by atoms with Crippen LogP contribution in [0.15, 0.2) is 23.0 Å². The average Bonchev–Trinajstić information content (AvgIpc) is 2.72. The predicted octanol–water partition coefficient (Wildman–Crippen LogP) is 3.42. The number of benzene rings is 1. The topological polar surface area (TPSA) is 75.1 Å². The quantitative estimate of drug-likeness (QED) is 0.856. The van der Waals surface area contributed by atoms with E-state index in [1.807, 2.05) is 6.92 Å². The maximum Gasteiger partial charge on any atom is 0.335 e. The first-order valence-electron chi connectivity index (χ1n) is 7.37. The van der Waals surface area contributed by atoms with Gasteiger partial charge in [-0.25, -0.2) is 9.59 Å². The standard InChI is InChI=1S/C16H22N2O3/c1-10(2)5-4-6-11(3)18-14-9-12(15(19)20)7-8-13(14)17-16(18)21/h7-11H,4-6H2,1-3H3,(H,17,21)(H,19,20). The van der Waals surface area contributed by atoms with Crippen LogP contribution in [-0.2, 0) is 0 Å². The van der Waals surface area contributed by atoms with E-state index < -0.39 is 5.97 Å². The van der Waals surface area contributed by atoms with E-state index >= 15 is 0 Å². The van der Waals surface area contributed by atoms with Gasteiger partial charge in [-0.15, -0.1) is 0 Å². The third kappa shape index (κ3) is 3.35. The minimum Gasteiger partial charge on any atom is -0.478 e. The number of hydrogen-bond donors (Lipinski definition) is 2. The van der Waals surface area contributed by atoms with Crippen LogP contribution in [0.2, 0.25) is 0 Å². The number of rotatable bonds is 6. The molecule has 0 aliphatic rings. The Kier molecular flexibility index (Phi) is 4.50.